The average molecular weight is 269 g/mol. The van der Waals surface area contributed by atoms with Crippen molar-refractivity contribution in [3.63, 3.8) is 0 Å². The van der Waals surface area contributed by atoms with Crippen molar-refractivity contribution in [2.75, 3.05) is 12.3 Å². The van der Waals surface area contributed by atoms with Gasteiger partial charge in [-0.1, -0.05) is 32.6 Å². The first-order valence-corrected chi connectivity index (χ1v) is 9.12. The molecule has 0 amide bonds. The van der Waals surface area contributed by atoms with Crippen molar-refractivity contribution in [2.45, 2.75) is 82.4 Å². The maximum atomic E-state index is 3.93. The van der Waals surface area contributed by atoms with Gasteiger partial charge in [-0.2, -0.15) is 11.8 Å². The highest BCUT2D eigenvalue weighted by Crippen LogP contribution is 2.44. The third-order valence-corrected chi connectivity index (χ3v) is 6.50. The maximum Gasteiger partial charge on any atom is 0.0287 e. The van der Waals surface area contributed by atoms with E-state index in [1.54, 1.807) is 0 Å². The Labute approximate surface area is 118 Å². The molecule has 1 nitrogen and oxygen atoms in total. The molecule has 1 saturated carbocycles. The van der Waals surface area contributed by atoms with E-state index in [9.17, 15) is 0 Å². The molecule has 1 N–H and O–H groups in total. The summed E-state index contributed by atoms with van der Waals surface area (Å²) < 4.78 is 0.518. The molecule has 0 aromatic heterocycles. The fourth-order valence-electron chi connectivity index (χ4n) is 3.87. The Hall–Kier alpha value is 0.310. The van der Waals surface area contributed by atoms with Crippen LogP contribution in [0.1, 0.15) is 71.6 Å². The molecule has 0 aromatic carbocycles. The van der Waals surface area contributed by atoms with Gasteiger partial charge in [-0.25, -0.2) is 0 Å². The van der Waals surface area contributed by atoms with Gasteiger partial charge >= 0.3 is 0 Å². The van der Waals surface area contributed by atoms with Crippen LogP contribution in [0.25, 0.3) is 0 Å². The zero-order valence-electron chi connectivity index (χ0n) is 12.3. The average Bonchev–Trinajstić information content (AvgIpc) is 2.65. The SMILES string of the molecule is CCCNC(C1CCCCCC1)C1(C)CCCS1. The normalized spacial score (nSPS) is 32.3. The molecule has 0 bridgehead atoms. The van der Waals surface area contributed by atoms with E-state index in [1.807, 2.05) is 0 Å². The summed E-state index contributed by atoms with van der Waals surface area (Å²) >= 11 is 2.24. The topological polar surface area (TPSA) is 12.0 Å². The van der Waals surface area contributed by atoms with Crippen LogP contribution in [-0.2, 0) is 0 Å². The first-order valence-electron chi connectivity index (χ1n) is 8.13. The van der Waals surface area contributed by atoms with Gasteiger partial charge < -0.3 is 5.32 Å². The van der Waals surface area contributed by atoms with Crippen LogP contribution in [0, 0.1) is 5.92 Å². The Morgan fingerprint density at radius 3 is 2.44 bits per heavy atom. The first kappa shape index (κ1) is 14.7. The highest BCUT2D eigenvalue weighted by molar-refractivity contribution is 8.00. The molecule has 1 saturated heterocycles. The molecule has 2 heteroatoms. The third-order valence-electron chi connectivity index (χ3n) is 4.89. The van der Waals surface area contributed by atoms with Crippen molar-refractivity contribution >= 4 is 11.8 Å². The Morgan fingerprint density at radius 1 is 1.17 bits per heavy atom. The minimum absolute atomic E-state index is 0.518. The predicted molar refractivity (Wildman–Crippen MR) is 83.4 cm³/mol. The Bertz CT molecular complexity index is 227. The Morgan fingerprint density at radius 2 is 1.89 bits per heavy atom. The summed E-state index contributed by atoms with van der Waals surface area (Å²) in [5.74, 6) is 2.32. The summed E-state index contributed by atoms with van der Waals surface area (Å²) in [6.45, 7) is 6.03. The Kier molecular flexibility index (Phi) is 5.88. The third kappa shape index (κ3) is 3.66. The van der Waals surface area contributed by atoms with Crippen molar-refractivity contribution in [3.05, 3.63) is 0 Å². The number of hydrogen-bond acceptors (Lipinski definition) is 2. The minimum Gasteiger partial charge on any atom is -0.312 e. The van der Waals surface area contributed by atoms with E-state index in [4.69, 9.17) is 0 Å². The van der Waals surface area contributed by atoms with Gasteiger partial charge in [-0.15, -0.1) is 0 Å². The molecular weight excluding hydrogens is 238 g/mol. The minimum atomic E-state index is 0.518. The van der Waals surface area contributed by atoms with E-state index in [2.05, 4.69) is 30.9 Å². The van der Waals surface area contributed by atoms with E-state index >= 15 is 0 Å². The molecule has 106 valence electrons. The lowest BCUT2D eigenvalue weighted by molar-refractivity contribution is 0.265. The first-order chi connectivity index (χ1) is 8.76. The van der Waals surface area contributed by atoms with Crippen LogP contribution in [0.5, 0.6) is 0 Å². The van der Waals surface area contributed by atoms with Crippen LogP contribution in [-0.4, -0.2) is 23.1 Å². The molecule has 1 heterocycles. The van der Waals surface area contributed by atoms with Gasteiger partial charge in [0, 0.05) is 10.8 Å². The van der Waals surface area contributed by atoms with Crippen molar-refractivity contribution in [2.24, 2.45) is 5.92 Å². The van der Waals surface area contributed by atoms with Crippen molar-refractivity contribution in [1.29, 1.82) is 0 Å². The number of thioether (sulfide) groups is 1. The zero-order valence-corrected chi connectivity index (χ0v) is 13.2. The van der Waals surface area contributed by atoms with Crippen LogP contribution in [0.2, 0.25) is 0 Å². The van der Waals surface area contributed by atoms with Gasteiger partial charge in [0.1, 0.15) is 0 Å². The van der Waals surface area contributed by atoms with Gasteiger partial charge in [-0.3, -0.25) is 0 Å². The molecule has 1 aliphatic heterocycles. The van der Waals surface area contributed by atoms with Gasteiger partial charge in [0.05, 0.1) is 0 Å². The molecule has 2 rings (SSSR count). The van der Waals surface area contributed by atoms with Crippen molar-refractivity contribution in [3.8, 4) is 0 Å². The summed E-state index contributed by atoms with van der Waals surface area (Å²) in [7, 11) is 0. The molecule has 2 aliphatic rings. The van der Waals surface area contributed by atoms with Crippen LogP contribution >= 0.6 is 11.8 Å². The second kappa shape index (κ2) is 7.19. The number of hydrogen-bond donors (Lipinski definition) is 1. The predicted octanol–water partition coefficient (Wildman–Crippen LogP) is 4.61. The molecule has 0 radical (unpaired) electrons. The van der Waals surface area contributed by atoms with Crippen LogP contribution in [0.3, 0.4) is 0 Å². The molecule has 0 aromatic rings. The molecule has 0 spiro atoms. The molecular formula is C16H31NS. The van der Waals surface area contributed by atoms with Crippen molar-refractivity contribution < 1.29 is 0 Å². The second-order valence-electron chi connectivity index (χ2n) is 6.45. The number of rotatable bonds is 5. The number of nitrogens with one attached hydrogen (secondary N) is 1. The lowest BCUT2D eigenvalue weighted by Gasteiger charge is -2.39. The molecule has 18 heavy (non-hydrogen) atoms. The highest BCUT2D eigenvalue weighted by atomic mass is 32.2. The van der Waals surface area contributed by atoms with Crippen LogP contribution < -0.4 is 5.32 Å². The fraction of sp³-hybridized carbons (Fsp3) is 1.00. The van der Waals surface area contributed by atoms with E-state index in [-0.39, 0.29) is 0 Å². The monoisotopic (exact) mass is 269 g/mol. The summed E-state index contributed by atoms with van der Waals surface area (Å²) in [4.78, 5) is 0. The summed E-state index contributed by atoms with van der Waals surface area (Å²) in [6.07, 6.45) is 12.9. The molecule has 2 unspecified atom stereocenters. The van der Waals surface area contributed by atoms with Crippen LogP contribution in [0.4, 0.5) is 0 Å². The van der Waals surface area contributed by atoms with Gasteiger partial charge in [0.15, 0.2) is 0 Å². The van der Waals surface area contributed by atoms with Gasteiger partial charge in [0.2, 0.25) is 0 Å². The highest BCUT2D eigenvalue weighted by Gasteiger charge is 2.41. The van der Waals surface area contributed by atoms with Crippen LogP contribution in [0.15, 0.2) is 0 Å². The lowest BCUT2D eigenvalue weighted by atomic mass is 9.82. The maximum absolute atomic E-state index is 3.93. The smallest absolute Gasteiger partial charge is 0.0287 e. The van der Waals surface area contributed by atoms with Gasteiger partial charge in [0.25, 0.3) is 0 Å². The van der Waals surface area contributed by atoms with E-state index < -0.39 is 0 Å². The fourth-order valence-corrected chi connectivity index (χ4v) is 5.37. The lowest BCUT2D eigenvalue weighted by Crippen LogP contribution is -2.50. The van der Waals surface area contributed by atoms with E-state index in [0.29, 0.717) is 4.75 Å². The van der Waals surface area contributed by atoms with E-state index in [1.165, 1.54) is 70.1 Å². The largest absolute Gasteiger partial charge is 0.312 e. The second-order valence-corrected chi connectivity index (χ2v) is 8.08. The molecule has 1 aliphatic carbocycles. The van der Waals surface area contributed by atoms with Crippen molar-refractivity contribution in [1.82, 2.24) is 5.32 Å². The van der Waals surface area contributed by atoms with E-state index in [0.717, 1.165) is 12.0 Å². The summed E-state index contributed by atoms with van der Waals surface area (Å²) in [5.41, 5.74) is 0. The van der Waals surface area contributed by atoms with Gasteiger partial charge in [-0.05, 0) is 57.2 Å². The molecule has 2 atom stereocenters. The quantitative estimate of drug-likeness (QED) is 0.731. The Balaban J connectivity index is 2.02. The summed E-state index contributed by atoms with van der Waals surface area (Å²) in [6, 6.07) is 0.767. The molecule has 2 fully saturated rings. The summed E-state index contributed by atoms with van der Waals surface area (Å²) in [5, 5.41) is 3.93. The standard InChI is InChI=1S/C16H31NS/c1-3-12-17-15(16(2)11-8-13-18-16)14-9-6-4-5-7-10-14/h14-15,17H,3-13H2,1-2H3. The zero-order chi connectivity index (χ0) is 12.8.